The number of benzene rings is 2. The van der Waals surface area contributed by atoms with Gasteiger partial charge < -0.3 is 15.2 Å². The van der Waals surface area contributed by atoms with Crippen molar-refractivity contribution >= 4 is 34.0 Å². The van der Waals surface area contributed by atoms with Gasteiger partial charge in [0.25, 0.3) is 11.5 Å². The van der Waals surface area contributed by atoms with Crippen LogP contribution < -0.4 is 16.2 Å². The second kappa shape index (κ2) is 6.60. The van der Waals surface area contributed by atoms with E-state index in [0.29, 0.717) is 27.7 Å². The molecule has 0 aliphatic rings. The first-order chi connectivity index (χ1) is 12.0. The number of aryl methyl sites for hydroxylation is 1. The molecule has 1 heterocycles. The van der Waals surface area contributed by atoms with E-state index < -0.39 is 0 Å². The highest BCUT2D eigenvalue weighted by Gasteiger charge is 2.13. The lowest BCUT2D eigenvalue weighted by Gasteiger charge is -2.10. The highest BCUT2D eigenvalue weighted by Crippen LogP contribution is 2.18. The topological polar surface area (TPSA) is 80.2 Å². The number of fused-ring (bicyclic) bond motifs is 1. The third kappa shape index (κ3) is 3.42. The summed E-state index contributed by atoms with van der Waals surface area (Å²) in [5.41, 5.74) is 1.52. The average Bonchev–Trinajstić information content (AvgIpc) is 2.59. The number of amides is 2. The number of carbonyl (C=O) groups excluding carboxylic acids is 2. The van der Waals surface area contributed by atoms with Gasteiger partial charge in [-0.3, -0.25) is 14.4 Å². The number of carbonyl (C=O) groups is 2. The summed E-state index contributed by atoms with van der Waals surface area (Å²) in [6.07, 6.45) is 1.53. The molecule has 0 saturated heterocycles. The number of anilines is 2. The molecule has 6 heteroatoms. The van der Waals surface area contributed by atoms with E-state index in [-0.39, 0.29) is 17.4 Å². The van der Waals surface area contributed by atoms with Gasteiger partial charge in [-0.05, 0) is 30.3 Å². The van der Waals surface area contributed by atoms with Crippen molar-refractivity contribution in [1.29, 1.82) is 0 Å². The zero-order chi connectivity index (χ0) is 18.0. The monoisotopic (exact) mass is 335 g/mol. The molecule has 2 N–H and O–H groups in total. The van der Waals surface area contributed by atoms with E-state index in [2.05, 4.69) is 10.6 Å². The largest absolute Gasteiger partial charge is 0.326 e. The van der Waals surface area contributed by atoms with Crippen LogP contribution >= 0.6 is 0 Å². The molecule has 25 heavy (non-hydrogen) atoms. The maximum absolute atomic E-state index is 12.7. The van der Waals surface area contributed by atoms with E-state index in [1.807, 2.05) is 0 Å². The van der Waals surface area contributed by atoms with E-state index in [1.54, 1.807) is 55.6 Å². The van der Waals surface area contributed by atoms with Gasteiger partial charge in [-0.15, -0.1) is 0 Å². The molecule has 2 amide bonds. The fourth-order valence-corrected chi connectivity index (χ4v) is 2.64. The van der Waals surface area contributed by atoms with Crippen molar-refractivity contribution in [2.24, 2.45) is 7.05 Å². The first kappa shape index (κ1) is 16.4. The summed E-state index contributed by atoms with van der Waals surface area (Å²) in [6, 6.07) is 13.8. The van der Waals surface area contributed by atoms with Crippen LogP contribution in [0.2, 0.25) is 0 Å². The second-order valence-electron chi connectivity index (χ2n) is 5.72. The van der Waals surface area contributed by atoms with E-state index in [0.717, 1.165) is 0 Å². The highest BCUT2D eigenvalue weighted by molar-refractivity contribution is 6.12. The quantitative estimate of drug-likeness (QED) is 0.772. The van der Waals surface area contributed by atoms with Gasteiger partial charge in [-0.2, -0.15) is 0 Å². The zero-order valence-electron chi connectivity index (χ0n) is 13.9. The Hall–Kier alpha value is -3.41. The Balaban J connectivity index is 1.91. The van der Waals surface area contributed by atoms with Gasteiger partial charge in [0, 0.05) is 42.3 Å². The Morgan fingerprint density at radius 1 is 0.880 bits per heavy atom. The molecule has 6 nitrogen and oxygen atoms in total. The maximum atomic E-state index is 12.7. The number of aromatic nitrogens is 1. The number of nitrogens with one attached hydrogen (secondary N) is 2. The van der Waals surface area contributed by atoms with Crippen LogP contribution in [0.5, 0.6) is 0 Å². The Morgan fingerprint density at radius 2 is 1.44 bits per heavy atom. The van der Waals surface area contributed by atoms with Crippen LogP contribution in [-0.4, -0.2) is 16.4 Å². The summed E-state index contributed by atoms with van der Waals surface area (Å²) < 4.78 is 1.40. The van der Waals surface area contributed by atoms with Gasteiger partial charge >= 0.3 is 0 Å². The van der Waals surface area contributed by atoms with Crippen LogP contribution in [-0.2, 0) is 11.8 Å². The molecule has 0 atom stereocenters. The molecular weight excluding hydrogens is 318 g/mol. The normalized spacial score (nSPS) is 10.5. The predicted molar refractivity (Wildman–Crippen MR) is 97.9 cm³/mol. The number of rotatable bonds is 3. The maximum Gasteiger partial charge on any atom is 0.258 e. The minimum Gasteiger partial charge on any atom is -0.326 e. The number of hydrogen-bond donors (Lipinski definition) is 2. The van der Waals surface area contributed by atoms with E-state index >= 15 is 0 Å². The molecule has 0 saturated carbocycles. The van der Waals surface area contributed by atoms with Gasteiger partial charge in [-0.25, -0.2) is 0 Å². The van der Waals surface area contributed by atoms with Gasteiger partial charge in [0.1, 0.15) is 0 Å². The third-order valence-corrected chi connectivity index (χ3v) is 3.80. The standard InChI is InChI=1S/C19H17N3O3/c1-12(23)20-13-7-9-14(10-8-13)21-18(24)17-11-22(2)19(25)16-6-4-3-5-15(16)17/h3-11H,1-2H3,(H,20,23)(H,21,24). The minimum absolute atomic E-state index is 0.146. The molecule has 0 aliphatic heterocycles. The SMILES string of the molecule is CC(=O)Nc1ccc(NC(=O)c2cn(C)c(=O)c3ccccc23)cc1. The Bertz CT molecular complexity index is 1020. The summed E-state index contributed by atoms with van der Waals surface area (Å²) >= 11 is 0. The summed E-state index contributed by atoms with van der Waals surface area (Å²) in [4.78, 5) is 35.9. The molecule has 3 aromatic rings. The lowest BCUT2D eigenvalue weighted by Crippen LogP contribution is -2.21. The zero-order valence-corrected chi connectivity index (χ0v) is 13.9. The first-order valence-electron chi connectivity index (χ1n) is 7.73. The lowest BCUT2D eigenvalue weighted by atomic mass is 10.1. The smallest absolute Gasteiger partial charge is 0.258 e. The van der Waals surface area contributed by atoms with Crippen molar-refractivity contribution in [3.8, 4) is 0 Å². The van der Waals surface area contributed by atoms with Crippen molar-refractivity contribution in [3.63, 3.8) is 0 Å². The third-order valence-electron chi connectivity index (χ3n) is 3.80. The molecule has 0 aliphatic carbocycles. The van der Waals surface area contributed by atoms with Gasteiger partial charge in [0.2, 0.25) is 5.91 Å². The molecule has 0 unspecified atom stereocenters. The molecule has 126 valence electrons. The number of hydrogen-bond acceptors (Lipinski definition) is 3. The Labute approximate surface area is 144 Å². The highest BCUT2D eigenvalue weighted by atomic mass is 16.2. The van der Waals surface area contributed by atoms with Gasteiger partial charge in [0.05, 0.1) is 5.56 Å². The van der Waals surface area contributed by atoms with Crippen molar-refractivity contribution in [1.82, 2.24) is 4.57 Å². The minimum atomic E-state index is -0.306. The van der Waals surface area contributed by atoms with E-state index in [1.165, 1.54) is 17.7 Å². The molecule has 0 radical (unpaired) electrons. The van der Waals surface area contributed by atoms with Crippen LogP contribution in [0.3, 0.4) is 0 Å². The summed E-state index contributed by atoms with van der Waals surface area (Å²) in [7, 11) is 1.62. The molecule has 1 aromatic heterocycles. The molecular formula is C19H17N3O3. The summed E-state index contributed by atoms with van der Waals surface area (Å²) in [5.74, 6) is -0.465. The van der Waals surface area contributed by atoms with Gasteiger partial charge in [0.15, 0.2) is 0 Å². The predicted octanol–water partition coefficient (Wildman–Crippen LogP) is 2.75. The van der Waals surface area contributed by atoms with Crippen LogP contribution in [0.1, 0.15) is 17.3 Å². The fourth-order valence-electron chi connectivity index (χ4n) is 2.64. The Kier molecular flexibility index (Phi) is 4.35. The summed E-state index contributed by atoms with van der Waals surface area (Å²) in [5, 5.41) is 6.58. The van der Waals surface area contributed by atoms with E-state index in [4.69, 9.17) is 0 Å². The summed E-state index contributed by atoms with van der Waals surface area (Å²) in [6.45, 7) is 1.43. The fraction of sp³-hybridized carbons (Fsp3) is 0.105. The van der Waals surface area contributed by atoms with Crippen molar-refractivity contribution < 1.29 is 9.59 Å². The lowest BCUT2D eigenvalue weighted by molar-refractivity contribution is -0.114. The van der Waals surface area contributed by atoms with Crippen molar-refractivity contribution in [2.45, 2.75) is 6.92 Å². The number of nitrogens with zero attached hydrogens (tertiary/aromatic N) is 1. The molecule has 3 rings (SSSR count). The van der Waals surface area contributed by atoms with Crippen LogP contribution in [0.15, 0.2) is 59.5 Å². The number of pyridine rings is 1. The first-order valence-corrected chi connectivity index (χ1v) is 7.73. The van der Waals surface area contributed by atoms with Crippen LogP contribution in [0.4, 0.5) is 11.4 Å². The van der Waals surface area contributed by atoms with Gasteiger partial charge in [-0.1, -0.05) is 18.2 Å². The molecule has 2 aromatic carbocycles. The van der Waals surface area contributed by atoms with Crippen molar-refractivity contribution in [3.05, 3.63) is 70.6 Å². The molecule has 0 fully saturated rings. The second-order valence-corrected chi connectivity index (χ2v) is 5.72. The van der Waals surface area contributed by atoms with Crippen LogP contribution in [0.25, 0.3) is 10.8 Å². The Morgan fingerprint density at radius 3 is 2.04 bits per heavy atom. The molecule has 0 spiro atoms. The van der Waals surface area contributed by atoms with Crippen LogP contribution in [0, 0.1) is 0 Å². The van der Waals surface area contributed by atoms with Crippen molar-refractivity contribution in [2.75, 3.05) is 10.6 Å². The average molecular weight is 335 g/mol. The molecule has 0 bridgehead atoms. The van der Waals surface area contributed by atoms with E-state index in [9.17, 15) is 14.4 Å².